The maximum atomic E-state index is 13.7. The maximum absolute atomic E-state index is 13.7. The van der Waals surface area contributed by atoms with Crippen molar-refractivity contribution >= 4 is 47.0 Å². The molecule has 0 aliphatic carbocycles. The Balaban J connectivity index is 1.69. The van der Waals surface area contributed by atoms with E-state index in [1.54, 1.807) is 48.7 Å². The zero-order valence-corrected chi connectivity index (χ0v) is 21.0. The minimum atomic E-state index is -3.01. The number of hydrazine groups is 1. The van der Waals surface area contributed by atoms with E-state index in [0.717, 1.165) is 5.69 Å². The van der Waals surface area contributed by atoms with Crippen LogP contribution in [0.1, 0.15) is 34.2 Å². The van der Waals surface area contributed by atoms with Crippen molar-refractivity contribution in [1.29, 1.82) is 0 Å². The lowest BCUT2D eigenvalue weighted by atomic mass is 10.2. The fourth-order valence-corrected chi connectivity index (χ4v) is 3.87. The van der Waals surface area contributed by atoms with Crippen LogP contribution < -0.4 is 20.5 Å². The molecule has 2 aromatic heterocycles. The van der Waals surface area contributed by atoms with Gasteiger partial charge in [0.2, 0.25) is 6.41 Å². The van der Waals surface area contributed by atoms with E-state index in [2.05, 4.69) is 20.7 Å². The van der Waals surface area contributed by atoms with Crippen molar-refractivity contribution in [1.82, 2.24) is 20.3 Å². The molecular formula is C25H27F2N7O4. The Morgan fingerprint density at radius 2 is 1.92 bits per heavy atom. The van der Waals surface area contributed by atoms with Gasteiger partial charge in [0.1, 0.15) is 24.0 Å². The summed E-state index contributed by atoms with van der Waals surface area (Å²) < 4.78 is 32.2. The van der Waals surface area contributed by atoms with Gasteiger partial charge in [-0.1, -0.05) is 6.92 Å². The van der Waals surface area contributed by atoms with Gasteiger partial charge >= 0.3 is 5.97 Å². The standard InChI is InChI=1S/C25H27F2N7O4/c1-4-25(26,27)13-29-23(36)19-12-20-22(30-19)34(18-9-10-28-21(11-18)31-32(2)15-35)14-33(20)17-7-5-16(6-8-17)24(37)38-3/h5-12,15,30H,4,13-14H2,1-3H3,(H,28,31)(H,29,36). The molecule has 1 aliphatic heterocycles. The van der Waals surface area contributed by atoms with E-state index < -0.39 is 30.8 Å². The molecule has 0 spiro atoms. The summed E-state index contributed by atoms with van der Waals surface area (Å²) in [7, 11) is 2.83. The fraction of sp³-hybridized carbons (Fsp3) is 0.280. The van der Waals surface area contributed by atoms with Crippen LogP contribution in [-0.4, -0.2) is 66.6 Å². The summed E-state index contributed by atoms with van der Waals surface area (Å²) in [6, 6.07) is 11.8. The third-order valence-corrected chi connectivity index (χ3v) is 5.99. The quantitative estimate of drug-likeness (QED) is 0.208. The van der Waals surface area contributed by atoms with Crippen LogP contribution in [0.4, 0.5) is 37.5 Å². The van der Waals surface area contributed by atoms with Gasteiger partial charge < -0.3 is 24.8 Å². The Kier molecular flexibility index (Phi) is 7.46. The Labute approximate surface area is 217 Å². The predicted octanol–water partition coefficient (Wildman–Crippen LogP) is 3.63. The summed E-state index contributed by atoms with van der Waals surface area (Å²) in [5.74, 6) is -3.19. The molecule has 3 aromatic rings. The lowest BCUT2D eigenvalue weighted by molar-refractivity contribution is -0.115. The van der Waals surface area contributed by atoms with Gasteiger partial charge in [0.25, 0.3) is 11.8 Å². The highest BCUT2D eigenvalue weighted by Gasteiger charge is 2.33. The molecule has 0 atom stereocenters. The highest BCUT2D eigenvalue weighted by molar-refractivity contribution is 5.98. The predicted molar refractivity (Wildman–Crippen MR) is 137 cm³/mol. The van der Waals surface area contributed by atoms with Crippen molar-refractivity contribution in [2.24, 2.45) is 0 Å². The SMILES string of the molecule is CCC(F)(F)CNC(=O)c1cc2c([nH]1)N(c1ccnc(NN(C)C=O)c1)CN2c1ccc(C(=O)OC)cc1. The summed E-state index contributed by atoms with van der Waals surface area (Å²) in [6.45, 7) is 0.890. The number of ether oxygens (including phenoxy) is 1. The zero-order valence-electron chi connectivity index (χ0n) is 21.0. The number of methoxy groups -OCH3 is 1. The zero-order chi connectivity index (χ0) is 27.4. The van der Waals surface area contributed by atoms with Crippen LogP contribution >= 0.6 is 0 Å². The highest BCUT2D eigenvalue weighted by Crippen LogP contribution is 2.44. The highest BCUT2D eigenvalue weighted by atomic mass is 19.3. The largest absolute Gasteiger partial charge is 0.465 e. The molecule has 13 heteroatoms. The monoisotopic (exact) mass is 527 g/mol. The normalized spacial score (nSPS) is 12.7. The minimum absolute atomic E-state index is 0.107. The van der Waals surface area contributed by atoms with Crippen LogP contribution in [0, 0.1) is 0 Å². The topological polar surface area (TPSA) is 123 Å². The summed E-state index contributed by atoms with van der Waals surface area (Å²) in [4.78, 5) is 46.6. The van der Waals surface area contributed by atoms with Gasteiger partial charge in [-0.3, -0.25) is 20.0 Å². The van der Waals surface area contributed by atoms with Crippen LogP contribution in [-0.2, 0) is 9.53 Å². The van der Waals surface area contributed by atoms with Crippen molar-refractivity contribution in [2.75, 3.05) is 42.6 Å². The first-order chi connectivity index (χ1) is 18.2. The Bertz CT molecular complexity index is 1330. The van der Waals surface area contributed by atoms with E-state index in [4.69, 9.17) is 4.74 Å². The molecule has 1 aliphatic rings. The Morgan fingerprint density at radius 3 is 2.58 bits per heavy atom. The van der Waals surface area contributed by atoms with E-state index in [1.807, 2.05) is 9.80 Å². The molecule has 0 bridgehead atoms. The minimum Gasteiger partial charge on any atom is -0.465 e. The lowest BCUT2D eigenvalue weighted by Crippen LogP contribution is -2.36. The molecule has 4 rings (SSSR count). The van der Waals surface area contributed by atoms with Gasteiger partial charge in [-0.05, 0) is 36.4 Å². The Morgan fingerprint density at radius 1 is 1.18 bits per heavy atom. The summed E-state index contributed by atoms with van der Waals surface area (Å²) in [5, 5.41) is 3.49. The van der Waals surface area contributed by atoms with Crippen molar-refractivity contribution in [2.45, 2.75) is 19.3 Å². The Hall–Kier alpha value is -4.68. The van der Waals surface area contributed by atoms with E-state index in [-0.39, 0.29) is 5.69 Å². The molecule has 11 nitrogen and oxygen atoms in total. The molecule has 1 aromatic carbocycles. The van der Waals surface area contributed by atoms with Crippen molar-refractivity contribution in [3.8, 4) is 0 Å². The molecule has 38 heavy (non-hydrogen) atoms. The third kappa shape index (κ3) is 5.51. The first-order valence-corrected chi connectivity index (χ1v) is 11.7. The second-order valence-electron chi connectivity index (χ2n) is 8.57. The van der Waals surface area contributed by atoms with Crippen LogP contribution in [0.3, 0.4) is 0 Å². The number of aromatic nitrogens is 2. The second kappa shape index (κ2) is 10.7. The first-order valence-electron chi connectivity index (χ1n) is 11.7. The number of benzene rings is 1. The lowest BCUT2D eigenvalue weighted by Gasteiger charge is -2.23. The third-order valence-electron chi connectivity index (χ3n) is 5.99. The molecule has 0 saturated carbocycles. The summed E-state index contributed by atoms with van der Waals surface area (Å²) >= 11 is 0. The number of halogens is 2. The van der Waals surface area contributed by atoms with Crippen molar-refractivity contribution in [3.05, 3.63) is 59.9 Å². The van der Waals surface area contributed by atoms with Gasteiger partial charge in [0, 0.05) is 37.1 Å². The van der Waals surface area contributed by atoms with E-state index >= 15 is 0 Å². The molecule has 0 unspecified atom stereocenters. The van der Waals surface area contributed by atoms with Crippen molar-refractivity contribution in [3.63, 3.8) is 0 Å². The molecule has 200 valence electrons. The van der Waals surface area contributed by atoms with Crippen molar-refractivity contribution < 1.29 is 27.9 Å². The first kappa shape index (κ1) is 26.4. The maximum Gasteiger partial charge on any atom is 0.337 e. The smallest absolute Gasteiger partial charge is 0.337 e. The average Bonchev–Trinajstić information content (AvgIpc) is 3.51. The molecule has 0 radical (unpaired) electrons. The number of aromatic amines is 1. The van der Waals surface area contributed by atoms with Crippen LogP contribution in [0.15, 0.2) is 48.7 Å². The number of rotatable bonds is 10. The number of H-pyrrole nitrogens is 1. The number of nitrogens with zero attached hydrogens (tertiary/aromatic N) is 4. The molecule has 3 N–H and O–H groups in total. The number of amides is 2. The second-order valence-corrected chi connectivity index (χ2v) is 8.57. The number of pyridine rings is 1. The number of hydrogen-bond acceptors (Lipinski definition) is 8. The number of hydrogen-bond donors (Lipinski definition) is 3. The van der Waals surface area contributed by atoms with E-state index in [0.29, 0.717) is 41.7 Å². The fourth-order valence-electron chi connectivity index (χ4n) is 3.87. The summed E-state index contributed by atoms with van der Waals surface area (Å²) in [6.07, 6.45) is 1.77. The number of fused-ring (bicyclic) bond motifs is 1. The number of nitrogens with one attached hydrogen (secondary N) is 3. The van der Waals surface area contributed by atoms with Gasteiger partial charge in [-0.2, -0.15) is 0 Å². The number of anilines is 5. The number of alkyl halides is 2. The number of carbonyl (C=O) groups is 3. The summed E-state index contributed by atoms with van der Waals surface area (Å²) in [5.41, 5.74) is 5.34. The molecule has 3 heterocycles. The molecular weight excluding hydrogens is 500 g/mol. The van der Waals surface area contributed by atoms with Gasteiger partial charge in [0.05, 0.1) is 24.9 Å². The molecule has 0 saturated heterocycles. The number of esters is 1. The van der Waals surface area contributed by atoms with Gasteiger partial charge in [-0.25, -0.2) is 18.6 Å². The van der Waals surface area contributed by atoms with E-state index in [1.165, 1.54) is 26.1 Å². The van der Waals surface area contributed by atoms with Crippen LogP contribution in [0.2, 0.25) is 0 Å². The van der Waals surface area contributed by atoms with Crippen LogP contribution in [0.25, 0.3) is 0 Å². The van der Waals surface area contributed by atoms with Crippen LogP contribution in [0.5, 0.6) is 0 Å². The van der Waals surface area contributed by atoms with E-state index in [9.17, 15) is 23.2 Å². The molecule has 2 amide bonds. The number of carbonyl (C=O) groups excluding carboxylic acids is 3. The van der Waals surface area contributed by atoms with Gasteiger partial charge in [-0.15, -0.1) is 0 Å². The molecule has 0 fully saturated rings. The van der Waals surface area contributed by atoms with Gasteiger partial charge in [0.15, 0.2) is 0 Å². The average molecular weight is 528 g/mol.